The third-order valence-electron chi connectivity index (χ3n) is 4.40. The first-order chi connectivity index (χ1) is 12.6. The van der Waals surface area contributed by atoms with Crippen molar-refractivity contribution in [3.63, 3.8) is 0 Å². The number of rotatable bonds is 2. The number of aromatic nitrogens is 2. The predicted octanol–water partition coefficient (Wildman–Crippen LogP) is 4.65. The van der Waals surface area contributed by atoms with Gasteiger partial charge in [-0.1, -0.05) is 29.3 Å². The van der Waals surface area contributed by atoms with E-state index in [1.165, 1.54) is 0 Å². The van der Waals surface area contributed by atoms with Gasteiger partial charge in [0.2, 0.25) is 0 Å². The van der Waals surface area contributed by atoms with E-state index < -0.39 is 0 Å². The van der Waals surface area contributed by atoms with Crippen molar-refractivity contribution in [2.45, 2.75) is 13.0 Å². The van der Waals surface area contributed by atoms with Crippen LogP contribution in [0.4, 0.5) is 0 Å². The van der Waals surface area contributed by atoms with Gasteiger partial charge in [0.1, 0.15) is 0 Å². The Kier molecular flexibility index (Phi) is 4.62. The number of nitrogens with zero attached hydrogens (tertiary/aromatic N) is 3. The summed E-state index contributed by atoms with van der Waals surface area (Å²) in [7, 11) is 0. The summed E-state index contributed by atoms with van der Waals surface area (Å²) >= 11 is 11.9. The summed E-state index contributed by atoms with van der Waals surface area (Å²) in [6.07, 6.45) is 2.51. The molecule has 0 saturated carbocycles. The normalized spacial score (nSPS) is 13.4. The molecule has 1 aromatic heterocycles. The average Bonchev–Trinajstić information content (AvgIpc) is 2.67. The topological polar surface area (TPSA) is 46.1 Å². The maximum Gasteiger partial charge on any atom is 0.254 e. The first kappa shape index (κ1) is 17.0. The highest BCUT2D eigenvalue weighted by molar-refractivity contribution is 6.31. The molecule has 4 rings (SSSR count). The second kappa shape index (κ2) is 7.06. The van der Waals surface area contributed by atoms with Crippen LogP contribution in [0.1, 0.15) is 21.6 Å². The molecule has 26 heavy (non-hydrogen) atoms. The minimum atomic E-state index is -0.0278. The Morgan fingerprint density at radius 1 is 1.04 bits per heavy atom. The lowest BCUT2D eigenvalue weighted by Crippen LogP contribution is -2.36. The third-order valence-corrected chi connectivity index (χ3v) is 4.88. The Labute approximate surface area is 161 Å². The molecular formula is C20H15Cl2N3O. The van der Waals surface area contributed by atoms with Crippen molar-refractivity contribution in [3.05, 3.63) is 81.6 Å². The van der Waals surface area contributed by atoms with Crippen LogP contribution in [0.2, 0.25) is 10.0 Å². The Bertz CT molecular complexity index is 973. The van der Waals surface area contributed by atoms with Crippen molar-refractivity contribution in [3.8, 4) is 11.4 Å². The third kappa shape index (κ3) is 3.43. The Balaban J connectivity index is 1.56. The summed E-state index contributed by atoms with van der Waals surface area (Å²) in [4.78, 5) is 23.6. The molecule has 6 heteroatoms. The number of carbonyl (C=O) groups excluding carboxylic acids is 1. The molecule has 0 atom stereocenters. The lowest BCUT2D eigenvalue weighted by Gasteiger charge is -2.28. The lowest BCUT2D eigenvalue weighted by molar-refractivity contribution is 0.0733. The molecule has 0 aliphatic carbocycles. The molecule has 3 aromatic rings. The number of fused-ring (bicyclic) bond motifs is 1. The lowest BCUT2D eigenvalue weighted by atomic mass is 10.1. The van der Waals surface area contributed by atoms with Crippen molar-refractivity contribution in [1.29, 1.82) is 0 Å². The maximum absolute atomic E-state index is 12.7. The zero-order valence-electron chi connectivity index (χ0n) is 13.8. The summed E-state index contributed by atoms with van der Waals surface area (Å²) in [5.74, 6) is 0.648. The van der Waals surface area contributed by atoms with Crippen LogP contribution in [-0.4, -0.2) is 27.3 Å². The fourth-order valence-corrected chi connectivity index (χ4v) is 3.35. The molecule has 130 valence electrons. The number of benzene rings is 2. The highest BCUT2D eigenvalue weighted by Gasteiger charge is 2.23. The zero-order valence-corrected chi connectivity index (χ0v) is 15.3. The van der Waals surface area contributed by atoms with E-state index in [0.29, 0.717) is 40.9 Å². The van der Waals surface area contributed by atoms with Gasteiger partial charge in [-0.05, 0) is 42.5 Å². The first-order valence-corrected chi connectivity index (χ1v) is 9.01. The Hall–Kier alpha value is -2.43. The van der Waals surface area contributed by atoms with Gasteiger partial charge in [-0.25, -0.2) is 9.97 Å². The monoisotopic (exact) mass is 383 g/mol. The van der Waals surface area contributed by atoms with E-state index in [0.717, 1.165) is 16.8 Å². The van der Waals surface area contributed by atoms with Crippen molar-refractivity contribution >= 4 is 29.1 Å². The van der Waals surface area contributed by atoms with E-state index in [4.69, 9.17) is 23.2 Å². The SMILES string of the molecule is O=C(c1cccc(Cl)c1)N1CCc2nc(-c3ccc(Cl)cc3)ncc2C1. The van der Waals surface area contributed by atoms with Gasteiger partial charge in [0.25, 0.3) is 5.91 Å². The van der Waals surface area contributed by atoms with Crippen LogP contribution in [0, 0.1) is 0 Å². The van der Waals surface area contributed by atoms with Gasteiger partial charge in [0.15, 0.2) is 5.82 Å². The predicted molar refractivity (Wildman–Crippen MR) is 102 cm³/mol. The minimum Gasteiger partial charge on any atom is -0.334 e. The molecule has 0 unspecified atom stereocenters. The standard InChI is InChI=1S/C20H15Cl2N3O/c21-16-6-4-13(5-7-16)19-23-11-15-12-25(9-8-18(15)24-19)20(26)14-2-1-3-17(22)10-14/h1-7,10-11H,8-9,12H2. The van der Waals surface area contributed by atoms with E-state index in [-0.39, 0.29) is 5.91 Å². The highest BCUT2D eigenvalue weighted by Crippen LogP contribution is 2.23. The molecule has 4 nitrogen and oxygen atoms in total. The van der Waals surface area contributed by atoms with Gasteiger partial charge in [-0.15, -0.1) is 0 Å². The van der Waals surface area contributed by atoms with E-state index in [1.807, 2.05) is 30.5 Å². The van der Waals surface area contributed by atoms with Crippen molar-refractivity contribution in [2.75, 3.05) is 6.54 Å². The van der Waals surface area contributed by atoms with Crippen LogP contribution in [0.5, 0.6) is 0 Å². The molecule has 0 saturated heterocycles. The Morgan fingerprint density at radius 3 is 2.62 bits per heavy atom. The summed E-state index contributed by atoms with van der Waals surface area (Å²) < 4.78 is 0. The molecule has 0 fully saturated rings. The van der Waals surface area contributed by atoms with E-state index in [1.54, 1.807) is 29.2 Å². The molecular weight excluding hydrogens is 369 g/mol. The zero-order chi connectivity index (χ0) is 18.1. The number of amides is 1. The first-order valence-electron chi connectivity index (χ1n) is 8.26. The van der Waals surface area contributed by atoms with Crippen molar-refractivity contribution < 1.29 is 4.79 Å². The molecule has 0 radical (unpaired) electrons. The second-order valence-electron chi connectivity index (χ2n) is 6.16. The number of halogens is 2. The van der Waals surface area contributed by atoms with E-state index >= 15 is 0 Å². The smallest absolute Gasteiger partial charge is 0.254 e. The second-order valence-corrected chi connectivity index (χ2v) is 7.03. The van der Waals surface area contributed by atoms with Gasteiger partial charge >= 0.3 is 0 Å². The number of hydrogen-bond acceptors (Lipinski definition) is 3. The summed E-state index contributed by atoms with van der Waals surface area (Å²) in [6.45, 7) is 1.12. The average molecular weight is 384 g/mol. The molecule has 2 aromatic carbocycles. The highest BCUT2D eigenvalue weighted by atomic mass is 35.5. The number of hydrogen-bond donors (Lipinski definition) is 0. The van der Waals surface area contributed by atoms with Crippen LogP contribution in [0.3, 0.4) is 0 Å². The van der Waals surface area contributed by atoms with Gasteiger partial charge in [-0.2, -0.15) is 0 Å². The molecule has 1 amide bonds. The number of carbonyl (C=O) groups is 1. The van der Waals surface area contributed by atoms with E-state index in [9.17, 15) is 4.79 Å². The van der Waals surface area contributed by atoms with Crippen LogP contribution in [-0.2, 0) is 13.0 Å². The fraction of sp³-hybridized carbons (Fsp3) is 0.150. The van der Waals surface area contributed by atoms with Gasteiger partial charge in [0, 0.05) is 52.4 Å². The van der Waals surface area contributed by atoms with Gasteiger partial charge < -0.3 is 4.90 Å². The molecule has 0 bridgehead atoms. The van der Waals surface area contributed by atoms with Crippen molar-refractivity contribution in [1.82, 2.24) is 14.9 Å². The van der Waals surface area contributed by atoms with Crippen LogP contribution < -0.4 is 0 Å². The quantitative estimate of drug-likeness (QED) is 0.646. The van der Waals surface area contributed by atoms with Crippen LogP contribution in [0.25, 0.3) is 11.4 Å². The van der Waals surface area contributed by atoms with Crippen molar-refractivity contribution in [2.24, 2.45) is 0 Å². The molecule has 0 N–H and O–H groups in total. The minimum absolute atomic E-state index is 0.0278. The van der Waals surface area contributed by atoms with Gasteiger partial charge in [-0.3, -0.25) is 4.79 Å². The summed E-state index contributed by atoms with van der Waals surface area (Å²) in [5.41, 5.74) is 3.48. The van der Waals surface area contributed by atoms with Crippen LogP contribution >= 0.6 is 23.2 Å². The molecule has 2 heterocycles. The largest absolute Gasteiger partial charge is 0.334 e. The maximum atomic E-state index is 12.7. The molecule has 1 aliphatic heterocycles. The van der Waals surface area contributed by atoms with Gasteiger partial charge in [0.05, 0.1) is 5.69 Å². The molecule has 0 spiro atoms. The van der Waals surface area contributed by atoms with E-state index in [2.05, 4.69) is 9.97 Å². The molecule has 1 aliphatic rings. The summed E-state index contributed by atoms with van der Waals surface area (Å²) in [6, 6.07) is 14.5. The summed E-state index contributed by atoms with van der Waals surface area (Å²) in [5, 5.41) is 1.24. The van der Waals surface area contributed by atoms with Crippen LogP contribution in [0.15, 0.2) is 54.7 Å². The Morgan fingerprint density at radius 2 is 1.85 bits per heavy atom. The fourth-order valence-electron chi connectivity index (χ4n) is 3.03.